The van der Waals surface area contributed by atoms with E-state index in [1.807, 2.05) is 18.3 Å². The predicted octanol–water partition coefficient (Wildman–Crippen LogP) is 3.86. The van der Waals surface area contributed by atoms with E-state index in [-0.39, 0.29) is 23.9 Å². The molecule has 1 aliphatic rings. The summed E-state index contributed by atoms with van der Waals surface area (Å²) in [6.45, 7) is 4.02. The summed E-state index contributed by atoms with van der Waals surface area (Å²) in [5, 5.41) is 11.8. The van der Waals surface area contributed by atoms with Crippen molar-refractivity contribution in [3.8, 4) is 11.4 Å². The highest BCUT2D eigenvalue weighted by molar-refractivity contribution is 5.94. The van der Waals surface area contributed by atoms with Gasteiger partial charge in [0.05, 0.1) is 17.5 Å². The second-order valence-corrected chi connectivity index (χ2v) is 7.05. The Bertz CT molecular complexity index is 1110. The van der Waals surface area contributed by atoms with E-state index in [0.29, 0.717) is 6.42 Å². The Hall–Kier alpha value is -2.73. The lowest BCUT2D eigenvalue weighted by molar-refractivity contribution is 0.149. The summed E-state index contributed by atoms with van der Waals surface area (Å²) in [5.74, 6) is -0.216. The fourth-order valence-corrected chi connectivity index (χ4v) is 4.01. The van der Waals surface area contributed by atoms with Crippen molar-refractivity contribution in [2.75, 3.05) is 0 Å². The fourth-order valence-electron chi connectivity index (χ4n) is 4.01. The number of fused-ring (bicyclic) bond motifs is 2. The highest BCUT2D eigenvalue weighted by Crippen LogP contribution is 2.37. The zero-order valence-corrected chi connectivity index (χ0v) is 14.1. The summed E-state index contributed by atoms with van der Waals surface area (Å²) in [5.41, 5.74) is 3.32. The molecule has 4 aromatic rings. The van der Waals surface area contributed by atoms with Crippen LogP contribution in [0.3, 0.4) is 0 Å². The molecule has 0 saturated heterocycles. The lowest BCUT2D eigenvalue weighted by atomic mass is 10.1. The zero-order valence-electron chi connectivity index (χ0n) is 14.1. The maximum absolute atomic E-state index is 13.5. The number of rotatable bonds is 2. The van der Waals surface area contributed by atoms with Gasteiger partial charge in [-0.3, -0.25) is 0 Å². The molecule has 5 rings (SSSR count). The molecule has 2 N–H and O–H groups in total. The average molecular weight is 349 g/mol. The first-order valence-corrected chi connectivity index (χ1v) is 8.71. The minimum atomic E-state index is -0.373. The van der Waals surface area contributed by atoms with Gasteiger partial charge in [0.2, 0.25) is 0 Å². The molecular weight excluding hydrogens is 331 g/mol. The van der Waals surface area contributed by atoms with Gasteiger partial charge in [-0.1, -0.05) is 0 Å². The van der Waals surface area contributed by atoms with Gasteiger partial charge >= 0.3 is 0 Å². The first-order valence-electron chi connectivity index (χ1n) is 8.71. The average Bonchev–Trinajstić information content (AvgIpc) is 3.31. The smallest absolute Gasteiger partial charge is 0.144 e. The predicted molar refractivity (Wildman–Crippen MR) is 97.9 cm³/mol. The highest BCUT2D eigenvalue weighted by Gasteiger charge is 2.31. The van der Waals surface area contributed by atoms with Crippen LogP contribution in [0.25, 0.3) is 33.3 Å². The Morgan fingerprint density at radius 2 is 2.08 bits per heavy atom. The summed E-state index contributed by atoms with van der Waals surface area (Å²) >= 11 is 0. The third-order valence-electron chi connectivity index (χ3n) is 5.37. The van der Waals surface area contributed by atoms with Crippen LogP contribution in [0, 0.1) is 18.7 Å². The van der Waals surface area contributed by atoms with Gasteiger partial charge in [0.25, 0.3) is 0 Å². The first kappa shape index (κ1) is 15.5. The van der Waals surface area contributed by atoms with E-state index in [4.69, 9.17) is 0 Å². The third-order valence-corrected chi connectivity index (χ3v) is 5.37. The largest absolute Gasteiger partial charge is 0.393 e. The first-order chi connectivity index (χ1) is 12.6. The quantitative estimate of drug-likeness (QED) is 0.577. The van der Waals surface area contributed by atoms with Gasteiger partial charge in [0, 0.05) is 28.5 Å². The van der Waals surface area contributed by atoms with Crippen LogP contribution in [0.2, 0.25) is 0 Å². The summed E-state index contributed by atoms with van der Waals surface area (Å²) in [6.07, 6.45) is 4.69. The Kier molecular flexibility index (Phi) is 3.37. The van der Waals surface area contributed by atoms with Crippen molar-refractivity contribution in [2.24, 2.45) is 5.92 Å². The number of aliphatic hydroxyl groups excluding tert-OH is 1. The van der Waals surface area contributed by atoms with Crippen LogP contribution in [0.1, 0.15) is 18.9 Å². The SMILES string of the molecule is [CH2][C@H]1C[C@@H](n2ccc3c(-c4cc5cc(F)ccc5[nH]4)ncnc32)C[C@@H]1O. The Labute approximate surface area is 149 Å². The number of nitrogens with zero attached hydrogens (tertiary/aromatic N) is 3. The van der Waals surface area contributed by atoms with E-state index < -0.39 is 0 Å². The highest BCUT2D eigenvalue weighted by atomic mass is 19.1. The number of benzene rings is 1. The molecule has 3 aromatic heterocycles. The number of hydrogen-bond acceptors (Lipinski definition) is 3. The number of halogens is 1. The fraction of sp³-hybridized carbons (Fsp3) is 0.250. The number of H-pyrrole nitrogens is 1. The monoisotopic (exact) mass is 349 g/mol. The molecule has 26 heavy (non-hydrogen) atoms. The molecule has 0 bridgehead atoms. The van der Waals surface area contributed by atoms with Crippen molar-refractivity contribution in [1.29, 1.82) is 0 Å². The van der Waals surface area contributed by atoms with E-state index in [0.717, 1.165) is 39.7 Å². The van der Waals surface area contributed by atoms with Gasteiger partial charge in [-0.05, 0) is 56.0 Å². The van der Waals surface area contributed by atoms with Gasteiger partial charge in [0.1, 0.15) is 17.8 Å². The van der Waals surface area contributed by atoms with Crippen molar-refractivity contribution in [3.05, 3.63) is 55.6 Å². The van der Waals surface area contributed by atoms with Crippen LogP contribution in [0.15, 0.2) is 42.9 Å². The standard InChI is InChI=1S/C20H18FN4O/c1-11-6-14(9-18(11)26)25-5-4-15-19(22-10-23-20(15)25)17-8-12-7-13(21)2-3-16(12)24-17/h2-5,7-8,10-11,14,18,24,26H,1,6,9H2/t11-,14+,18-/m0/s1. The molecule has 131 valence electrons. The van der Waals surface area contributed by atoms with Crippen molar-refractivity contribution in [1.82, 2.24) is 19.5 Å². The number of hydrogen-bond donors (Lipinski definition) is 2. The summed E-state index contributed by atoms with van der Waals surface area (Å²) < 4.78 is 15.6. The topological polar surface area (TPSA) is 66.7 Å². The zero-order chi connectivity index (χ0) is 17.8. The van der Waals surface area contributed by atoms with Crippen molar-refractivity contribution < 1.29 is 9.50 Å². The van der Waals surface area contributed by atoms with Crippen LogP contribution in [-0.4, -0.2) is 30.7 Å². The summed E-state index contributed by atoms with van der Waals surface area (Å²) in [6, 6.07) is 8.77. The van der Waals surface area contributed by atoms with E-state index in [9.17, 15) is 9.50 Å². The van der Waals surface area contributed by atoms with Crippen LogP contribution < -0.4 is 0 Å². The molecule has 5 nitrogen and oxygen atoms in total. The molecule has 3 atom stereocenters. The number of aromatic nitrogens is 4. The molecule has 1 aliphatic carbocycles. The van der Waals surface area contributed by atoms with E-state index >= 15 is 0 Å². The van der Waals surface area contributed by atoms with Gasteiger partial charge in [-0.15, -0.1) is 0 Å². The van der Waals surface area contributed by atoms with Crippen molar-refractivity contribution >= 4 is 21.9 Å². The van der Waals surface area contributed by atoms with Crippen molar-refractivity contribution in [3.63, 3.8) is 0 Å². The maximum Gasteiger partial charge on any atom is 0.144 e. The summed E-state index contributed by atoms with van der Waals surface area (Å²) in [7, 11) is 0. The van der Waals surface area contributed by atoms with Gasteiger partial charge in [0.15, 0.2) is 0 Å². The number of nitrogens with one attached hydrogen (secondary N) is 1. The van der Waals surface area contributed by atoms with E-state index in [2.05, 4.69) is 26.4 Å². The molecule has 1 saturated carbocycles. The lowest BCUT2D eigenvalue weighted by Gasteiger charge is -2.13. The normalized spacial score (nSPS) is 23.3. The molecular formula is C20H18FN4O. The van der Waals surface area contributed by atoms with Gasteiger partial charge < -0.3 is 14.7 Å². The van der Waals surface area contributed by atoms with Gasteiger partial charge in [-0.25, -0.2) is 14.4 Å². The Balaban J connectivity index is 1.62. The minimum absolute atomic E-state index is 0.0439. The lowest BCUT2D eigenvalue weighted by Crippen LogP contribution is -2.09. The second kappa shape index (κ2) is 5.64. The van der Waals surface area contributed by atoms with Crippen LogP contribution in [0.5, 0.6) is 0 Å². The van der Waals surface area contributed by atoms with Crippen LogP contribution in [-0.2, 0) is 0 Å². The molecule has 1 radical (unpaired) electrons. The molecule has 1 fully saturated rings. The van der Waals surface area contributed by atoms with Crippen molar-refractivity contribution in [2.45, 2.75) is 25.0 Å². The van der Waals surface area contributed by atoms with E-state index in [1.165, 1.54) is 12.1 Å². The summed E-state index contributed by atoms with van der Waals surface area (Å²) in [4.78, 5) is 12.2. The molecule has 0 unspecified atom stereocenters. The molecule has 0 amide bonds. The molecule has 1 aromatic carbocycles. The van der Waals surface area contributed by atoms with E-state index in [1.54, 1.807) is 12.4 Å². The van der Waals surface area contributed by atoms with Crippen LogP contribution in [0.4, 0.5) is 4.39 Å². The van der Waals surface area contributed by atoms with Gasteiger partial charge in [-0.2, -0.15) is 0 Å². The molecule has 0 spiro atoms. The molecule has 3 heterocycles. The Morgan fingerprint density at radius 1 is 1.19 bits per heavy atom. The second-order valence-electron chi connectivity index (χ2n) is 7.05. The number of aromatic amines is 1. The minimum Gasteiger partial charge on any atom is -0.393 e. The maximum atomic E-state index is 13.5. The molecule has 0 aliphatic heterocycles. The Morgan fingerprint density at radius 3 is 2.88 bits per heavy atom. The number of aliphatic hydroxyl groups is 1. The third kappa shape index (κ3) is 2.33. The molecule has 6 heteroatoms. The van der Waals surface area contributed by atoms with Crippen LogP contribution >= 0.6 is 0 Å².